The zero-order valence-electron chi connectivity index (χ0n) is 6.46. The van der Waals surface area contributed by atoms with E-state index in [-0.39, 0.29) is 13.0 Å². The molecular formula is C7H11F2NO2. The standard InChI is InChI=1S/C7H11F2NO2/c8-2-1-4-5(3-11)10-7(12)6(4)9/h4-6,11H,1-3H2,(H,10,12)/t4-,5+,6-/m0/s1. The Morgan fingerprint density at radius 3 is 2.75 bits per heavy atom. The molecule has 0 radical (unpaired) electrons. The minimum absolute atomic E-state index is 0.0227. The van der Waals surface area contributed by atoms with Gasteiger partial charge in [0.05, 0.1) is 19.3 Å². The van der Waals surface area contributed by atoms with E-state index in [9.17, 15) is 13.6 Å². The molecule has 0 saturated carbocycles. The highest BCUT2D eigenvalue weighted by atomic mass is 19.1. The molecule has 1 amide bonds. The van der Waals surface area contributed by atoms with Crippen LogP contribution in [0.15, 0.2) is 0 Å². The van der Waals surface area contributed by atoms with E-state index in [1.54, 1.807) is 0 Å². The third-order valence-electron chi connectivity index (χ3n) is 2.11. The maximum absolute atomic E-state index is 12.9. The van der Waals surface area contributed by atoms with E-state index in [0.717, 1.165) is 0 Å². The lowest BCUT2D eigenvalue weighted by Crippen LogP contribution is -2.32. The number of hydrogen-bond acceptors (Lipinski definition) is 2. The Hall–Kier alpha value is -0.710. The SMILES string of the molecule is O=C1N[C@H](CO)[C@H](CCF)[C@@H]1F. The van der Waals surface area contributed by atoms with Crippen LogP contribution in [0.1, 0.15) is 6.42 Å². The van der Waals surface area contributed by atoms with Crippen molar-refractivity contribution in [2.24, 2.45) is 5.92 Å². The number of carbonyl (C=O) groups excluding carboxylic acids is 1. The van der Waals surface area contributed by atoms with Crippen molar-refractivity contribution in [3.8, 4) is 0 Å². The van der Waals surface area contributed by atoms with Gasteiger partial charge in [-0.2, -0.15) is 0 Å². The number of rotatable bonds is 3. The lowest BCUT2D eigenvalue weighted by molar-refractivity contribution is -0.124. The summed E-state index contributed by atoms with van der Waals surface area (Å²) < 4.78 is 24.8. The van der Waals surface area contributed by atoms with E-state index < -0.39 is 30.7 Å². The largest absolute Gasteiger partial charge is 0.394 e. The van der Waals surface area contributed by atoms with E-state index in [1.807, 2.05) is 0 Å². The van der Waals surface area contributed by atoms with E-state index in [4.69, 9.17) is 5.11 Å². The molecule has 0 spiro atoms. The zero-order valence-corrected chi connectivity index (χ0v) is 6.46. The summed E-state index contributed by atoms with van der Waals surface area (Å²) in [5.41, 5.74) is 0. The average molecular weight is 179 g/mol. The summed E-state index contributed by atoms with van der Waals surface area (Å²) in [6.07, 6.45) is -1.69. The second kappa shape index (κ2) is 3.80. The van der Waals surface area contributed by atoms with Crippen LogP contribution in [0.3, 0.4) is 0 Å². The molecule has 1 rings (SSSR count). The number of aliphatic hydroxyl groups is 1. The van der Waals surface area contributed by atoms with E-state index in [2.05, 4.69) is 5.32 Å². The maximum atomic E-state index is 12.9. The van der Waals surface area contributed by atoms with E-state index >= 15 is 0 Å². The molecule has 12 heavy (non-hydrogen) atoms. The topological polar surface area (TPSA) is 49.3 Å². The summed E-state index contributed by atoms with van der Waals surface area (Å²) in [4.78, 5) is 10.7. The smallest absolute Gasteiger partial charge is 0.255 e. The average Bonchev–Trinajstić information content (AvgIpc) is 2.33. The lowest BCUT2D eigenvalue weighted by atomic mass is 9.96. The summed E-state index contributed by atoms with van der Waals surface area (Å²) in [5, 5.41) is 11.0. The van der Waals surface area contributed by atoms with Gasteiger partial charge in [0.15, 0.2) is 6.17 Å². The molecular weight excluding hydrogens is 168 g/mol. The van der Waals surface area contributed by atoms with Crippen molar-refractivity contribution >= 4 is 5.91 Å². The molecule has 1 aliphatic heterocycles. The molecule has 2 N–H and O–H groups in total. The fourth-order valence-corrected chi connectivity index (χ4v) is 1.42. The van der Waals surface area contributed by atoms with Crippen molar-refractivity contribution in [2.75, 3.05) is 13.3 Å². The zero-order chi connectivity index (χ0) is 9.14. The van der Waals surface area contributed by atoms with Crippen LogP contribution in [0.5, 0.6) is 0 Å². The monoisotopic (exact) mass is 179 g/mol. The van der Waals surface area contributed by atoms with Crippen molar-refractivity contribution in [3.63, 3.8) is 0 Å². The summed E-state index contributed by atoms with van der Waals surface area (Å²) in [6.45, 7) is -1.01. The number of nitrogens with one attached hydrogen (secondary N) is 1. The van der Waals surface area contributed by atoms with E-state index in [1.165, 1.54) is 0 Å². The number of halogens is 2. The summed E-state index contributed by atoms with van der Waals surface area (Å²) in [6, 6.07) is -0.622. The van der Waals surface area contributed by atoms with Gasteiger partial charge >= 0.3 is 0 Å². The normalized spacial score (nSPS) is 35.2. The Labute approximate surface area is 68.8 Å². The van der Waals surface area contributed by atoms with Crippen LogP contribution in [0.25, 0.3) is 0 Å². The minimum atomic E-state index is -1.67. The van der Waals surface area contributed by atoms with Gasteiger partial charge in [0.1, 0.15) is 0 Å². The molecule has 5 heteroatoms. The van der Waals surface area contributed by atoms with Gasteiger partial charge in [0.25, 0.3) is 5.91 Å². The maximum Gasteiger partial charge on any atom is 0.255 e. The highest BCUT2D eigenvalue weighted by Gasteiger charge is 2.41. The van der Waals surface area contributed by atoms with Gasteiger partial charge in [0, 0.05) is 5.92 Å². The third-order valence-corrected chi connectivity index (χ3v) is 2.11. The second-order valence-electron chi connectivity index (χ2n) is 2.84. The number of amides is 1. The summed E-state index contributed by atoms with van der Waals surface area (Å²) in [7, 11) is 0. The Morgan fingerprint density at radius 2 is 2.25 bits per heavy atom. The Kier molecular flexibility index (Phi) is 2.97. The second-order valence-corrected chi connectivity index (χ2v) is 2.84. The number of alkyl halides is 2. The number of aliphatic hydroxyl groups excluding tert-OH is 1. The van der Waals surface area contributed by atoms with Crippen molar-refractivity contribution in [3.05, 3.63) is 0 Å². The predicted molar refractivity (Wildman–Crippen MR) is 38.0 cm³/mol. The first-order valence-corrected chi connectivity index (χ1v) is 3.82. The van der Waals surface area contributed by atoms with Crippen molar-refractivity contribution in [2.45, 2.75) is 18.6 Å². The summed E-state index contributed by atoms with van der Waals surface area (Å²) in [5.74, 6) is -1.46. The van der Waals surface area contributed by atoms with Crippen molar-refractivity contribution in [1.29, 1.82) is 0 Å². The van der Waals surface area contributed by atoms with Gasteiger partial charge in [-0.15, -0.1) is 0 Å². The molecule has 0 unspecified atom stereocenters. The molecule has 70 valence electrons. The van der Waals surface area contributed by atoms with Crippen LogP contribution in [0, 0.1) is 5.92 Å². The molecule has 1 heterocycles. The molecule has 3 nitrogen and oxygen atoms in total. The molecule has 0 aromatic carbocycles. The molecule has 1 aliphatic rings. The van der Waals surface area contributed by atoms with Crippen molar-refractivity contribution < 1.29 is 18.7 Å². The van der Waals surface area contributed by atoms with Crippen LogP contribution in [-0.4, -0.2) is 36.5 Å². The Balaban J connectivity index is 2.60. The molecule has 3 atom stereocenters. The molecule has 1 saturated heterocycles. The van der Waals surface area contributed by atoms with Crippen LogP contribution >= 0.6 is 0 Å². The third kappa shape index (κ3) is 1.55. The quantitative estimate of drug-likeness (QED) is 0.629. The van der Waals surface area contributed by atoms with Crippen LogP contribution < -0.4 is 5.32 Å². The van der Waals surface area contributed by atoms with Gasteiger partial charge < -0.3 is 10.4 Å². The van der Waals surface area contributed by atoms with Gasteiger partial charge in [-0.1, -0.05) is 0 Å². The molecule has 0 bridgehead atoms. The first kappa shape index (κ1) is 9.38. The number of hydrogen-bond donors (Lipinski definition) is 2. The Bertz CT molecular complexity index is 177. The van der Waals surface area contributed by atoms with Crippen LogP contribution in [0.2, 0.25) is 0 Å². The van der Waals surface area contributed by atoms with Crippen LogP contribution in [0.4, 0.5) is 8.78 Å². The fraction of sp³-hybridized carbons (Fsp3) is 0.857. The fourth-order valence-electron chi connectivity index (χ4n) is 1.42. The first-order valence-electron chi connectivity index (χ1n) is 3.82. The molecule has 0 aromatic rings. The molecule has 0 aliphatic carbocycles. The predicted octanol–water partition coefficient (Wildman–Crippen LogP) is -0.209. The summed E-state index contributed by atoms with van der Waals surface area (Å²) >= 11 is 0. The van der Waals surface area contributed by atoms with Gasteiger partial charge in [-0.3, -0.25) is 9.18 Å². The highest BCUT2D eigenvalue weighted by molar-refractivity contribution is 5.83. The van der Waals surface area contributed by atoms with Crippen LogP contribution in [-0.2, 0) is 4.79 Å². The Morgan fingerprint density at radius 1 is 1.58 bits per heavy atom. The van der Waals surface area contributed by atoms with Gasteiger partial charge in [0.2, 0.25) is 0 Å². The first-order chi connectivity index (χ1) is 5.70. The molecule has 1 fully saturated rings. The number of carbonyl (C=O) groups is 1. The minimum Gasteiger partial charge on any atom is -0.394 e. The van der Waals surface area contributed by atoms with Gasteiger partial charge in [-0.25, -0.2) is 4.39 Å². The highest BCUT2D eigenvalue weighted by Crippen LogP contribution is 2.23. The van der Waals surface area contributed by atoms with E-state index in [0.29, 0.717) is 0 Å². The van der Waals surface area contributed by atoms with Crippen molar-refractivity contribution in [1.82, 2.24) is 5.32 Å². The lowest BCUT2D eigenvalue weighted by Gasteiger charge is -2.14. The molecule has 0 aromatic heterocycles. The van der Waals surface area contributed by atoms with Gasteiger partial charge in [-0.05, 0) is 6.42 Å².